The third-order valence-electron chi connectivity index (χ3n) is 2.55. The number of thiophene rings is 1. The van der Waals surface area contributed by atoms with E-state index in [0.29, 0.717) is 17.8 Å². The number of nitrogen functional groups attached to an aromatic ring is 1. The molecular formula is C12H14N4OS. The largest absolute Gasteiger partial charge is 0.337 e. The van der Waals surface area contributed by atoms with E-state index in [0.717, 1.165) is 5.56 Å². The third-order valence-corrected chi connectivity index (χ3v) is 3.29. The lowest BCUT2D eigenvalue weighted by atomic mass is 10.2. The number of nitrogens with two attached hydrogens (primary N) is 1. The van der Waals surface area contributed by atoms with Crippen molar-refractivity contribution in [3.63, 3.8) is 0 Å². The quantitative estimate of drug-likeness (QED) is 0.650. The SMILES string of the molecule is CN(Cc1ccsc1)C(=O)c1ccncc1NN. The fraction of sp³-hybridized carbons (Fsp3) is 0.167. The van der Waals surface area contributed by atoms with Crippen molar-refractivity contribution in [1.29, 1.82) is 0 Å². The Hall–Kier alpha value is -1.92. The van der Waals surface area contributed by atoms with Crippen LogP contribution in [0.5, 0.6) is 0 Å². The summed E-state index contributed by atoms with van der Waals surface area (Å²) in [7, 11) is 1.76. The number of carbonyl (C=O) groups is 1. The van der Waals surface area contributed by atoms with Gasteiger partial charge >= 0.3 is 0 Å². The normalized spacial score (nSPS) is 10.1. The molecule has 2 heterocycles. The van der Waals surface area contributed by atoms with Crippen molar-refractivity contribution in [2.75, 3.05) is 12.5 Å². The third kappa shape index (κ3) is 2.66. The van der Waals surface area contributed by atoms with Gasteiger partial charge in [-0.15, -0.1) is 0 Å². The second kappa shape index (κ2) is 5.61. The number of hydrogen-bond acceptors (Lipinski definition) is 5. The van der Waals surface area contributed by atoms with Crippen LogP contribution in [-0.2, 0) is 6.54 Å². The van der Waals surface area contributed by atoms with E-state index >= 15 is 0 Å². The lowest BCUT2D eigenvalue weighted by molar-refractivity contribution is 0.0786. The van der Waals surface area contributed by atoms with Gasteiger partial charge in [-0.1, -0.05) is 0 Å². The molecule has 1 amide bonds. The minimum atomic E-state index is -0.0865. The zero-order valence-corrected chi connectivity index (χ0v) is 10.8. The van der Waals surface area contributed by atoms with Gasteiger partial charge in [0.1, 0.15) is 0 Å². The average molecular weight is 262 g/mol. The molecule has 18 heavy (non-hydrogen) atoms. The zero-order valence-electron chi connectivity index (χ0n) is 9.96. The van der Waals surface area contributed by atoms with E-state index in [-0.39, 0.29) is 5.91 Å². The van der Waals surface area contributed by atoms with Gasteiger partial charge in [0.2, 0.25) is 0 Å². The van der Waals surface area contributed by atoms with Crippen molar-refractivity contribution in [3.8, 4) is 0 Å². The summed E-state index contributed by atoms with van der Waals surface area (Å²) < 4.78 is 0. The number of rotatable bonds is 4. The van der Waals surface area contributed by atoms with Crippen LogP contribution in [0, 0.1) is 0 Å². The van der Waals surface area contributed by atoms with Crippen LogP contribution in [0.25, 0.3) is 0 Å². The average Bonchev–Trinajstić information content (AvgIpc) is 2.90. The van der Waals surface area contributed by atoms with Crippen molar-refractivity contribution < 1.29 is 4.79 Å². The van der Waals surface area contributed by atoms with Gasteiger partial charge < -0.3 is 10.3 Å². The van der Waals surface area contributed by atoms with Crippen molar-refractivity contribution >= 4 is 22.9 Å². The summed E-state index contributed by atoms with van der Waals surface area (Å²) in [6.45, 7) is 0.578. The molecule has 0 atom stereocenters. The molecule has 0 bridgehead atoms. The number of hydrazine groups is 1. The fourth-order valence-corrected chi connectivity index (χ4v) is 2.29. The molecule has 3 N–H and O–H groups in total. The van der Waals surface area contributed by atoms with E-state index in [4.69, 9.17) is 5.84 Å². The van der Waals surface area contributed by atoms with Crippen molar-refractivity contribution in [2.24, 2.45) is 5.84 Å². The first-order valence-electron chi connectivity index (χ1n) is 5.39. The summed E-state index contributed by atoms with van der Waals surface area (Å²) in [6.07, 6.45) is 3.11. The summed E-state index contributed by atoms with van der Waals surface area (Å²) in [4.78, 5) is 17.8. The van der Waals surface area contributed by atoms with E-state index < -0.39 is 0 Å². The Labute approximate surface area is 109 Å². The Bertz CT molecular complexity index is 527. The molecule has 94 valence electrons. The molecule has 2 rings (SSSR count). The molecule has 0 saturated heterocycles. The molecule has 0 aliphatic heterocycles. The first-order valence-corrected chi connectivity index (χ1v) is 6.34. The van der Waals surface area contributed by atoms with Crippen LogP contribution in [0.1, 0.15) is 15.9 Å². The van der Waals surface area contributed by atoms with Gasteiger partial charge in [-0.2, -0.15) is 11.3 Å². The summed E-state index contributed by atoms with van der Waals surface area (Å²) in [5, 5.41) is 4.02. The van der Waals surface area contributed by atoms with Gasteiger partial charge in [-0.05, 0) is 28.5 Å². The molecule has 0 aromatic carbocycles. The van der Waals surface area contributed by atoms with Gasteiger partial charge in [0.15, 0.2) is 0 Å². The number of carbonyl (C=O) groups excluding carboxylic acids is 1. The van der Waals surface area contributed by atoms with Crippen LogP contribution in [0.3, 0.4) is 0 Å². The lowest BCUT2D eigenvalue weighted by Crippen LogP contribution is -2.27. The number of amides is 1. The van der Waals surface area contributed by atoms with E-state index in [2.05, 4.69) is 10.4 Å². The van der Waals surface area contributed by atoms with Crippen LogP contribution < -0.4 is 11.3 Å². The Morgan fingerprint density at radius 1 is 1.56 bits per heavy atom. The van der Waals surface area contributed by atoms with Crippen molar-refractivity contribution in [3.05, 3.63) is 46.4 Å². The maximum atomic E-state index is 12.3. The van der Waals surface area contributed by atoms with Crippen LogP contribution in [-0.4, -0.2) is 22.8 Å². The number of hydrogen-bond donors (Lipinski definition) is 2. The topological polar surface area (TPSA) is 71.2 Å². The number of anilines is 1. The maximum Gasteiger partial charge on any atom is 0.256 e. The Kier molecular flexibility index (Phi) is 3.91. The molecule has 0 spiro atoms. The highest BCUT2D eigenvalue weighted by Crippen LogP contribution is 2.16. The second-order valence-corrected chi connectivity index (χ2v) is 4.64. The van der Waals surface area contributed by atoms with E-state index in [1.807, 2.05) is 16.8 Å². The molecule has 6 heteroatoms. The zero-order chi connectivity index (χ0) is 13.0. The van der Waals surface area contributed by atoms with Gasteiger partial charge in [0.05, 0.1) is 17.4 Å². The molecule has 0 aliphatic carbocycles. The lowest BCUT2D eigenvalue weighted by Gasteiger charge is -2.18. The molecule has 0 radical (unpaired) electrons. The minimum absolute atomic E-state index is 0.0865. The summed E-state index contributed by atoms with van der Waals surface area (Å²) in [5.41, 5.74) is 4.65. The van der Waals surface area contributed by atoms with Crippen molar-refractivity contribution in [1.82, 2.24) is 9.88 Å². The smallest absolute Gasteiger partial charge is 0.256 e. The summed E-state index contributed by atoms with van der Waals surface area (Å²) in [5.74, 6) is 5.28. The second-order valence-electron chi connectivity index (χ2n) is 3.86. The van der Waals surface area contributed by atoms with Gasteiger partial charge in [-0.25, -0.2) is 0 Å². The molecular weight excluding hydrogens is 248 g/mol. The highest BCUT2D eigenvalue weighted by Gasteiger charge is 2.15. The Morgan fingerprint density at radius 3 is 3.06 bits per heavy atom. The van der Waals surface area contributed by atoms with Crippen LogP contribution in [0.15, 0.2) is 35.3 Å². The maximum absolute atomic E-state index is 12.3. The molecule has 2 aromatic heterocycles. The van der Waals surface area contributed by atoms with Crippen molar-refractivity contribution in [2.45, 2.75) is 6.54 Å². The Morgan fingerprint density at radius 2 is 2.39 bits per heavy atom. The summed E-state index contributed by atoms with van der Waals surface area (Å²) >= 11 is 1.62. The number of pyridine rings is 1. The number of nitrogens with zero attached hydrogens (tertiary/aromatic N) is 2. The van der Waals surface area contributed by atoms with E-state index in [1.165, 1.54) is 6.20 Å². The van der Waals surface area contributed by atoms with E-state index in [9.17, 15) is 4.79 Å². The van der Waals surface area contributed by atoms with Crippen LogP contribution in [0.4, 0.5) is 5.69 Å². The first kappa shape index (κ1) is 12.5. The molecule has 0 saturated carbocycles. The number of nitrogens with one attached hydrogen (secondary N) is 1. The molecule has 0 aliphatic rings. The first-order chi connectivity index (χ1) is 8.72. The Balaban J connectivity index is 2.15. The van der Waals surface area contributed by atoms with Gasteiger partial charge in [0, 0.05) is 19.8 Å². The highest BCUT2D eigenvalue weighted by molar-refractivity contribution is 7.07. The molecule has 0 unspecified atom stereocenters. The van der Waals surface area contributed by atoms with Crippen LogP contribution >= 0.6 is 11.3 Å². The van der Waals surface area contributed by atoms with Gasteiger partial charge in [0.25, 0.3) is 5.91 Å². The monoisotopic (exact) mass is 262 g/mol. The van der Waals surface area contributed by atoms with E-state index in [1.54, 1.807) is 35.5 Å². The molecule has 0 fully saturated rings. The van der Waals surface area contributed by atoms with Gasteiger partial charge in [-0.3, -0.25) is 15.6 Å². The predicted octanol–water partition coefficient (Wildman–Crippen LogP) is 1.70. The molecule has 5 nitrogen and oxygen atoms in total. The standard InChI is InChI=1S/C12H14N4OS/c1-16(7-9-3-5-18-8-9)12(17)10-2-4-14-6-11(10)15-13/h2-6,8,15H,7,13H2,1H3. The highest BCUT2D eigenvalue weighted by atomic mass is 32.1. The van der Waals surface area contributed by atoms with Crippen LogP contribution in [0.2, 0.25) is 0 Å². The molecule has 2 aromatic rings. The predicted molar refractivity (Wildman–Crippen MR) is 72.2 cm³/mol. The summed E-state index contributed by atoms with van der Waals surface area (Å²) in [6, 6.07) is 3.66. The number of aromatic nitrogens is 1. The minimum Gasteiger partial charge on any atom is -0.337 e. The fourth-order valence-electron chi connectivity index (χ4n) is 1.63.